The van der Waals surface area contributed by atoms with Gasteiger partial charge in [-0.15, -0.1) is 11.3 Å². The molecule has 2 heterocycles. The monoisotopic (exact) mass is 554 g/mol. The Hall–Kier alpha value is -5.25. The highest BCUT2D eigenvalue weighted by Gasteiger charge is 2.16. The van der Waals surface area contributed by atoms with Crippen molar-refractivity contribution in [1.29, 1.82) is 0 Å². The third-order valence-electron chi connectivity index (χ3n) is 7.93. The Morgan fingerprint density at radius 3 is 1.81 bits per heavy atom. The lowest BCUT2D eigenvalue weighted by atomic mass is 10.0. The topological polar surface area (TPSA) is 16.1 Å². The summed E-state index contributed by atoms with van der Waals surface area (Å²) in [5.74, 6) is 0. The number of nitrogens with zero attached hydrogens (tertiary/aromatic N) is 2. The summed E-state index contributed by atoms with van der Waals surface area (Å²) in [5.41, 5.74) is 8.20. The van der Waals surface area contributed by atoms with Crippen LogP contribution in [0.5, 0.6) is 0 Å². The Morgan fingerprint density at radius 1 is 0.429 bits per heavy atom. The van der Waals surface area contributed by atoms with Gasteiger partial charge >= 0.3 is 0 Å². The predicted octanol–water partition coefficient (Wildman–Crippen LogP) is 11.4. The summed E-state index contributed by atoms with van der Waals surface area (Å²) in [6.45, 7) is 0. The Labute approximate surface area is 248 Å². The molecule has 0 aliphatic carbocycles. The molecule has 3 heteroatoms. The van der Waals surface area contributed by atoms with Crippen LogP contribution in [0, 0.1) is 0 Å². The highest BCUT2D eigenvalue weighted by Crippen LogP contribution is 2.41. The lowest BCUT2D eigenvalue weighted by Crippen LogP contribution is -2.09. The number of rotatable bonds is 5. The second kappa shape index (κ2) is 10.3. The molecule has 0 N–H and O–H groups in total. The van der Waals surface area contributed by atoms with Gasteiger partial charge in [-0.25, -0.2) is 4.98 Å². The molecule has 0 atom stereocenters. The molecule has 8 aromatic rings. The molecule has 2 aromatic heterocycles. The van der Waals surface area contributed by atoms with Gasteiger partial charge in [-0.2, -0.15) is 0 Å². The summed E-state index contributed by atoms with van der Waals surface area (Å²) < 4.78 is 1.25. The minimum Gasteiger partial charge on any atom is -0.310 e. The van der Waals surface area contributed by atoms with Gasteiger partial charge in [0.2, 0.25) is 0 Å². The Kier molecular flexibility index (Phi) is 6.02. The van der Waals surface area contributed by atoms with Gasteiger partial charge < -0.3 is 4.90 Å². The quantitative estimate of drug-likeness (QED) is 0.210. The van der Waals surface area contributed by atoms with Crippen LogP contribution in [0.3, 0.4) is 0 Å². The first kappa shape index (κ1) is 24.5. The van der Waals surface area contributed by atoms with Gasteiger partial charge in [-0.3, -0.25) is 0 Å². The maximum Gasteiger partial charge on any atom is 0.124 e. The average Bonchev–Trinajstić information content (AvgIpc) is 3.44. The van der Waals surface area contributed by atoms with E-state index in [1.807, 2.05) is 12.3 Å². The second-order valence-corrected chi connectivity index (χ2v) is 11.5. The van der Waals surface area contributed by atoms with Gasteiger partial charge in [0.15, 0.2) is 0 Å². The number of thiophene rings is 1. The van der Waals surface area contributed by atoms with E-state index in [4.69, 9.17) is 0 Å². The molecule has 0 saturated heterocycles. The molecule has 0 spiro atoms. The van der Waals surface area contributed by atoms with E-state index in [9.17, 15) is 0 Å². The van der Waals surface area contributed by atoms with Crippen LogP contribution >= 0.6 is 11.3 Å². The molecule has 0 bridgehead atoms. The molecule has 0 amide bonds. The first-order chi connectivity index (χ1) is 20.8. The molecule has 198 valence electrons. The first-order valence-corrected chi connectivity index (χ1v) is 14.9. The molecule has 0 radical (unpaired) electrons. The minimum absolute atomic E-state index is 1.07. The normalized spacial score (nSPS) is 11.3. The van der Waals surface area contributed by atoms with Crippen LogP contribution in [0.2, 0.25) is 0 Å². The summed E-state index contributed by atoms with van der Waals surface area (Å²) in [6.07, 6.45) is 1.87. The smallest absolute Gasteiger partial charge is 0.124 e. The maximum absolute atomic E-state index is 4.61. The zero-order valence-corrected chi connectivity index (χ0v) is 23.6. The number of hydrogen-bond donors (Lipinski definition) is 0. The van der Waals surface area contributed by atoms with Gasteiger partial charge in [0, 0.05) is 38.7 Å². The van der Waals surface area contributed by atoms with E-state index in [0.717, 1.165) is 21.9 Å². The lowest BCUT2D eigenvalue weighted by molar-refractivity contribution is 1.29. The van der Waals surface area contributed by atoms with E-state index >= 15 is 0 Å². The molecule has 8 rings (SSSR count). The third-order valence-corrected chi connectivity index (χ3v) is 9.02. The van der Waals surface area contributed by atoms with Crippen molar-refractivity contribution in [2.45, 2.75) is 0 Å². The van der Waals surface area contributed by atoms with Crippen LogP contribution in [0.4, 0.5) is 17.1 Å². The first-order valence-electron chi connectivity index (χ1n) is 14.1. The summed E-state index contributed by atoms with van der Waals surface area (Å²) in [5, 5.41) is 4.95. The van der Waals surface area contributed by atoms with Crippen LogP contribution in [0.15, 0.2) is 158 Å². The molecule has 2 nitrogen and oxygen atoms in total. The van der Waals surface area contributed by atoms with Crippen molar-refractivity contribution in [3.63, 3.8) is 0 Å². The molecule has 0 aliphatic heterocycles. The van der Waals surface area contributed by atoms with Crippen molar-refractivity contribution in [2.75, 3.05) is 4.90 Å². The van der Waals surface area contributed by atoms with Crippen molar-refractivity contribution in [3.05, 3.63) is 158 Å². The zero-order valence-electron chi connectivity index (χ0n) is 22.8. The highest BCUT2D eigenvalue weighted by molar-refractivity contribution is 7.25. The molecule has 0 aliphatic rings. The fourth-order valence-electron chi connectivity index (χ4n) is 5.79. The van der Waals surface area contributed by atoms with Crippen LogP contribution in [-0.2, 0) is 0 Å². The van der Waals surface area contributed by atoms with Crippen molar-refractivity contribution < 1.29 is 0 Å². The van der Waals surface area contributed by atoms with Gasteiger partial charge in [-0.1, -0.05) is 91.0 Å². The summed E-state index contributed by atoms with van der Waals surface area (Å²) >= 11 is 1.74. The van der Waals surface area contributed by atoms with E-state index in [0.29, 0.717) is 0 Å². The van der Waals surface area contributed by atoms with Gasteiger partial charge in [0.25, 0.3) is 0 Å². The molecular formula is C39H26N2S. The number of benzene rings is 6. The number of aromatic nitrogens is 1. The zero-order chi connectivity index (χ0) is 27.9. The highest BCUT2D eigenvalue weighted by atomic mass is 32.1. The maximum atomic E-state index is 4.61. The fraction of sp³-hybridized carbons (Fsp3) is 0. The van der Waals surface area contributed by atoms with E-state index in [1.54, 1.807) is 11.3 Å². The summed E-state index contributed by atoms with van der Waals surface area (Å²) in [7, 11) is 0. The van der Waals surface area contributed by atoms with Gasteiger partial charge in [0.05, 0.1) is 0 Å². The van der Waals surface area contributed by atoms with Crippen LogP contribution in [-0.4, -0.2) is 4.98 Å². The van der Waals surface area contributed by atoms with E-state index < -0.39 is 0 Å². The molecule has 0 fully saturated rings. The molecular weight excluding hydrogens is 529 g/mol. The molecule has 6 aromatic carbocycles. The Balaban J connectivity index is 1.23. The largest absolute Gasteiger partial charge is 0.310 e. The summed E-state index contributed by atoms with van der Waals surface area (Å²) in [4.78, 5) is 8.03. The van der Waals surface area contributed by atoms with E-state index in [1.165, 1.54) is 48.5 Å². The van der Waals surface area contributed by atoms with Crippen LogP contribution in [0.25, 0.3) is 53.3 Å². The number of fused-ring (bicyclic) bond motifs is 4. The minimum atomic E-state index is 1.07. The fourth-order valence-corrected chi connectivity index (χ4v) is 6.82. The number of anilines is 3. The van der Waals surface area contributed by atoms with Crippen LogP contribution < -0.4 is 4.90 Å². The number of hydrogen-bond acceptors (Lipinski definition) is 3. The van der Waals surface area contributed by atoms with Crippen molar-refractivity contribution in [2.24, 2.45) is 0 Å². The molecule has 0 saturated carbocycles. The van der Waals surface area contributed by atoms with E-state index in [2.05, 4.69) is 155 Å². The van der Waals surface area contributed by atoms with Crippen LogP contribution in [0.1, 0.15) is 0 Å². The predicted molar refractivity (Wildman–Crippen MR) is 180 cm³/mol. The van der Waals surface area contributed by atoms with Crippen molar-refractivity contribution >= 4 is 59.5 Å². The molecule has 0 unspecified atom stereocenters. The lowest BCUT2D eigenvalue weighted by Gasteiger charge is -2.26. The standard InChI is InChI=1S/C39H26N2S/c1-2-7-27(8-3-1)29-14-18-33(19-15-29)41(35-22-23-38-37(26-35)36-11-6-24-40-39(36)42-38)34-20-16-30(17-21-34)32-13-12-28-9-4-5-10-31(28)25-32/h1-26H. The Morgan fingerprint density at radius 2 is 1.05 bits per heavy atom. The third kappa shape index (κ3) is 4.41. The summed E-state index contributed by atoms with van der Waals surface area (Å²) in [6, 6.07) is 54.5. The van der Waals surface area contributed by atoms with Gasteiger partial charge in [0.1, 0.15) is 4.83 Å². The second-order valence-electron chi connectivity index (χ2n) is 10.5. The Bertz CT molecular complexity index is 2180. The van der Waals surface area contributed by atoms with E-state index in [-0.39, 0.29) is 0 Å². The van der Waals surface area contributed by atoms with Crippen molar-refractivity contribution in [1.82, 2.24) is 4.98 Å². The van der Waals surface area contributed by atoms with Gasteiger partial charge in [-0.05, 0) is 93.7 Å². The van der Waals surface area contributed by atoms with Crippen molar-refractivity contribution in [3.8, 4) is 22.3 Å². The SMILES string of the molecule is c1ccc(-c2ccc(N(c3ccc(-c4ccc5ccccc5c4)cc3)c3ccc4sc5ncccc5c4c3)cc2)cc1. The average molecular weight is 555 g/mol. The number of pyridine rings is 1. The molecule has 42 heavy (non-hydrogen) atoms.